The molecule has 4 aliphatic rings. The number of primary amides is 1. The molecular weight excluding hydrogens is 2030 g/mol. The number of rotatable bonds is 20. The Kier molecular flexibility index (Phi) is 89.3. The lowest BCUT2D eigenvalue weighted by Gasteiger charge is -2.29. The van der Waals surface area contributed by atoms with Gasteiger partial charge in [0.1, 0.15) is 34.3 Å². The van der Waals surface area contributed by atoms with E-state index in [4.69, 9.17) is 97.6 Å². The molecule has 4 amide bonds. The van der Waals surface area contributed by atoms with Crippen LogP contribution in [0.3, 0.4) is 0 Å². The number of aromatic amines is 2. The number of fused-ring (bicyclic) bond motifs is 2. The van der Waals surface area contributed by atoms with Gasteiger partial charge < -0.3 is 117 Å². The minimum absolute atomic E-state index is 0. The number of carboxylic acid groups (broad SMARTS) is 1. The molecule has 7 aromatic carbocycles. The molecule has 18 N–H and O–H groups in total. The second kappa shape index (κ2) is 85.3. The van der Waals surface area contributed by atoms with Crippen molar-refractivity contribution in [2.75, 3.05) is 115 Å². The van der Waals surface area contributed by atoms with E-state index in [-0.39, 0.29) is 89.8 Å². The summed E-state index contributed by atoms with van der Waals surface area (Å²) in [5.74, 6) is -1.15. The lowest BCUT2D eigenvalue weighted by atomic mass is 8.97. The Bertz CT molecular complexity index is 4870. The molecular formula is C103H166B12Br2Cl2N10O18. The SMILES string of the molecule is Brc1ccc(C2CO2)cc1.C.C.C.C.C.C.C.CC(C)(C)OC(=O)NC[C@@H](O)c1ccc(Br)cc1.CC(C)(C)OC(=O)NC[C@@H](O)c1ccc(N2CCCCC2)cc1.CC(C)(C)OC(N)=O.CCc1c(C(=O)NC[C@@H](O)c2ccc(N3CCCCC3)cc2)[nH]c2ccc(Cl)cc12.CCc1c(C(=O)O)[nH]c2ccc(Cl)cc12.CO.CO.CO.CO.NC[C@@H](O)c1ccc(N2CCCCC2)cc1.[B]B([B])[B].[B][B]B([B])[B].[B][B][B]. The van der Waals surface area contributed by atoms with Crippen LogP contribution in [0.5, 0.6) is 0 Å². The van der Waals surface area contributed by atoms with E-state index in [0.717, 1.165) is 146 Å². The van der Waals surface area contributed by atoms with Crippen molar-refractivity contribution in [1.82, 2.24) is 25.9 Å². The number of carboxylic acids is 1. The summed E-state index contributed by atoms with van der Waals surface area (Å²) in [5.41, 5.74) is 21.0. The lowest BCUT2D eigenvalue weighted by molar-refractivity contribution is 0.0482. The number of carbonyl (C=O) groups is 5. The maximum absolute atomic E-state index is 12.8. The molecule has 1 unspecified atom stereocenters. The standard InChI is InChI=1S/C24H28ClN3O2.C18H28N2O3.C13H18BrNO3.C13H20N2O.C11H10ClNO2.C8H7BrO.C5H11NO2.4CH4O.7CH4.B5.B4.B3/c1-2-19-20-14-17(25)8-11-21(20)27-23(19)24(30)26-15-22(29)16-6-9-18(10-7-16)28-12-4-3-5-13-28;1-18(2,3)23-17(22)19-13-16(21)14-7-9-15(10-8-14)20-11-5-4-6-12-20;1-13(2,3)18-12(17)15-8-11(16)9-4-6-10(14)7-5-9;14-10-13(16)11-4-6-12(7-5-11)15-8-2-1-3-9-15;1-2-7-8-5-6(12)3-4-9(8)13-10(7)11(14)15;9-7-3-1-6(2-4-7)8-5-10-8;1-5(2,3)8-4(6)7;4*1-2;;;;;;;;1-4-5(2)3;1-4(2)3;1-3-2/h6-11,14,22,27,29H,2-5,12-13,15H2,1H3,(H,26,30);7-10,16,21H,4-6,11-13H2,1-3H3,(H,19,22);4-7,11,16H,8H2,1-3H3,(H,15,17);4-7,13,16H,1-3,8-10,14H2;3-5,13H,2H2,1H3,(H,14,15);1-4,8H,5H2;1-3H3,(H2,6,7);4*2H,1H3;7*1H4;;;/t22-;16-;11-;13-;;;;;;;;;;;;;;;;;/m1111................./s1. The predicted octanol–water partition coefficient (Wildman–Crippen LogP) is 17.5. The Morgan fingerprint density at radius 2 is 0.728 bits per heavy atom. The number of aromatic carboxylic acids is 1. The number of hydrogen-bond donors (Lipinski definition) is 16. The van der Waals surface area contributed by atoms with Crippen molar-refractivity contribution in [3.8, 4) is 0 Å². The van der Waals surface area contributed by atoms with Crippen LogP contribution in [0.2, 0.25) is 10.0 Å². The molecule has 13 rings (SSSR count). The normalized spacial score (nSPS) is 13.2. The van der Waals surface area contributed by atoms with Gasteiger partial charge in [-0.3, -0.25) is 4.79 Å². The molecule has 18 radical (unpaired) electrons. The molecule has 147 heavy (non-hydrogen) atoms. The van der Waals surface area contributed by atoms with Gasteiger partial charge in [0.25, 0.3) is 5.91 Å². The zero-order valence-corrected chi connectivity index (χ0v) is 88.3. The topological polar surface area (TPSA) is 437 Å². The van der Waals surface area contributed by atoms with Crippen LogP contribution in [0.4, 0.5) is 31.4 Å². The number of carbonyl (C=O) groups excluding carboxylic acids is 4. The molecule has 4 aliphatic heterocycles. The van der Waals surface area contributed by atoms with Crippen LogP contribution in [-0.4, -0.2) is 292 Å². The number of nitrogens with zero attached hydrogens (tertiary/aromatic N) is 3. The van der Waals surface area contributed by atoms with Gasteiger partial charge in [0.15, 0.2) is 0 Å². The number of nitrogens with two attached hydrogens (primary N) is 2. The number of ether oxygens (including phenoxy) is 4. The molecule has 800 valence electrons. The quantitative estimate of drug-likeness (QED) is 0.0191. The summed E-state index contributed by atoms with van der Waals surface area (Å²) in [6.07, 6.45) is 7.57. The van der Waals surface area contributed by atoms with Crippen LogP contribution in [0.15, 0.2) is 167 Å². The largest absolute Gasteiger partial charge is 0.477 e. The third kappa shape index (κ3) is 65.5. The molecule has 2 aromatic heterocycles. The minimum atomic E-state index is -0.931. The van der Waals surface area contributed by atoms with Crippen molar-refractivity contribution in [3.63, 3.8) is 0 Å². The Morgan fingerprint density at radius 1 is 0.463 bits per heavy atom. The summed E-state index contributed by atoms with van der Waals surface area (Å²) in [6, 6.07) is 50.5. The average molecular weight is 2190 g/mol. The molecule has 4 saturated heterocycles. The van der Waals surface area contributed by atoms with E-state index in [2.05, 4.69) is 152 Å². The fourth-order valence-corrected chi connectivity index (χ4v) is 14.3. The first-order valence-electron chi connectivity index (χ1n) is 45.8. The minimum Gasteiger partial charge on any atom is -0.477 e. The molecule has 0 aliphatic carbocycles. The van der Waals surface area contributed by atoms with Crippen molar-refractivity contribution >= 4 is 213 Å². The van der Waals surface area contributed by atoms with Crippen LogP contribution in [0.1, 0.15) is 276 Å². The van der Waals surface area contributed by atoms with Gasteiger partial charge >= 0.3 is 24.2 Å². The Labute approximate surface area is 920 Å². The van der Waals surface area contributed by atoms with Crippen molar-refractivity contribution in [3.05, 3.63) is 227 Å². The van der Waals surface area contributed by atoms with E-state index in [1.165, 1.54) is 87.5 Å². The second-order valence-electron chi connectivity index (χ2n) is 34.0. The maximum Gasteiger partial charge on any atom is 0.407 e. The third-order valence-corrected chi connectivity index (χ3v) is 21.2. The number of piperidine rings is 3. The summed E-state index contributed by atoms with van der Waals surface area (Å²) in [7, 11) is 43.8. The molecule has 28 nitrogen and oxygen atoms in total. The number of benzene rings is 7. The zero-order chi connectivity index (χ0) is 106. The maximum atomic E-state index is 12.8. The third-order valence-electron chi connectivity index (χ3n) is 19.7. The highest BCUT2D eigenvalue weighted by atomic mass is 79.9. The number of aliphatic hydroxyl groups excluding tert-OH is 8. The van der Waals surface area contributed by atoms with Crippen LogP contribution in [-0.2, 0) is 31.8 Å². The highest BCUT2D eigenvalue weighted by Crippen LogP contribution is 2.33. The van der Waals surface area contributed by atoms with E-state index < -0.39 is 78.2 Å². The van der Waals surface area contributed by atoms with Gasteiger partial charge in [-0.15, -0.1) is 0 Å². The van der Waals surface area contributed by atoms with Gasteiger partial charge in [-0.2, -0.15) is 0 Å². The fourth-order valence-electron chi connectivity index (χ4n) is 13.4. The molecule has 0 bridgehead atoms. The summed E-state index contributed by atoms with van der Waals surface area (Å²) in [6.45, 7) is 28.3. The van der Waals surface area contributed by atoms with E-state index in [1.807, 2.05) is 120 Å². The summed E-state index contributed by atoms with van der Waals surface area (Å²) in [4.78, 5) is 70.0. The van der Waals surface area contributed by atoms with Gasteiger partial charge in [-0.1, -0.05) is 182 Å². The molecule has 4 fully saturated rings. The number of anilines is 3. The first kappa shape index (κ1) is 154. The fraction of sp³-hybridized carbons (Fsp3) is 0.505. The van der Waals surface area contributed by atoms with Gasteiger partial charge in [0.2, 0.25) is 0 Å². The number of H-pyrrole nitrogens is 2. The number of alkyl carbamates (subject to hydrolysis) is 2. The van der Waals surface area contributed by atoms with Crippen molar-refractivity contribution < 1.29 is 88.9 Å². The van der Waals surface area contributed by atoms with E-state index >= 15 is 0 Å². The number of epoxide rings is 1. The van der Waals surface area contributed by atoms with Crippen LogP contribution in [0, 0.1) is 0 Å². The number of aromatic nitrogens is 2. The van der Waals surface area contributed by atoms with Crippen LogP contribution >= 0.6 is 55.1 Å². The Balaban J connectivity index is -0.000000252. The van der Waals surface area contributed by atoms with Gasteiger partial charge in [0, 0.05) is 227 Å². The number of halogens is 4. The molecule has 0 saturated carbocycles. The first-order valence-corrected chi connectivity index (χ1v) is 48.2. The van der Waals surface area contributed by atoms with Crippen molar-refractivity contribution in [2.24, 2.45) is 11.5 Å². The number of hydrogen-bond acceptors (Lipinski definition) is 21. The lowest BCUT2D eigenvalue weighted by Crippen LogP contribution is -2.34. The molecule has 9 aromatic rings. The van der Waals surface area contributed by atoms with Gasteiger partial charge in [-0.05, 0) is 269 Å². The van der Waals surface area contributed by atoms with Gasteiger partial charge in [0.05, 0.1) is 44.1 Å². The zero-order valence-electron chi connectivity index (χ0n) is 83.6. The number of amides is 4. The summed E-state index contributed by atoms with van der Waals surface area (Å²) >= 11 is 18.7. The van der Waals surface area contributed by atoms with Crippen LogP contribution < -0.4 is 42.1 Å². The number of aliphatic hydroxyl groups is 8. The van der Waals surface area contributed by atoms with E-state index in [9.17, 15) is 44.4 Å². The molecule has 5 atom stereocenters. The first-order chi connectivity index (χ1) is 66.3. The highest BCUT2D eigenvalue weighted by molar-refractivity contribution is 9.10. The smallest absolute Gasteiger partial charge is 0.407 e. The highest BCUT2D eigenvalue weighted by Gasteiger charge is 2.26. The monoisotopic (exact) mass is 2190 g/mol. The second-order valence-corrected chi connectivity index (χ2v) is 36.7. The van der Waals surface area contributed by atoms with E-state index in [0.29, 0.717) is 34.7 Å². The predicted molar refractivity (Wildman–Crippen MR) is 636 cm³/mol. The number of aryl methyl sites for hydroxylation is 2. The van der Waals surface area contributed by atoms with E-state index in [1.54, 1.807) is 77.9 Å². The average Bonchev–Trinajstić information content (AvgIpc) is 1.64. The van der Waals surface area contributed by atoms with Crippen molar-refractivity contribution in [1.29, 1.82) is 0 Å². The Hall–Kier alpha value is -8.31. The summed E-state index contributed by atoms with van der Waals surface area (Å²) in [5, 5.41) is 88.3. The molecule has 44 heteroatoms. The number of nitrogens with one attached hydrogen (secondary N) is 5. The van der Waals surface area contributed by atoms with Crippen LogP contribution in [0.25, 0.3) is 21.8 Å². The summed E-state index contributed by atoms with van der Waals surface area (Å²) < 4.78 is 22.0. The van der Waals surface area contributed by atoms with Gasteiger partial charge in [-0.25, -0.2) is 19.2 Å². The Morgan fingerprint density at radius 3 is 0.980 bits per heavy atom. The molecule has 6 heterocycles. The molecule has 0 spiro atoms. The van der Waals surface area contributed by atoms with Crippen molar-refractivity contribution in [2.45, 2.75) is 246 Å².